The van der Waals surface area contributed by atoms with Crippen LogP contribution in [0.4, 0.5) is 4.39 Å². The second kappa shape index (κ2) is 8.63. The third-order valence-electron chi connectivity index (χ3n) is 4.37. The number of benzene rings is 2. The topological polar surface area (TPSA) is 66.5 Å². The number of carbonyl (C=O) groups is 1. The molecule has 1 unspecified atom stereocenters. The minimum atomic E-state index is -3.68. The molecule has 146 valence electrons. The van der Waals surface area contributed by atoms with E-state index < -0.39 is 21.7 Å². The molecule has 0 heterocycles. The van der Waals surface area contributed by atoms with E-state index in [0.717, 1.165) is 27.3 Å². The van der Waals surface area contributed by atoms with Gasteiger partial charge in [-0.25, -0.2) is 12.8 Å². The van der Waals surface area contributed by atoms with Crippen molar-refractivity contribution in [3.63, 3.8) is 0 Å². The van der Waals surface area contributed by atoms with Crippen molar-refractivity contribution >= 4 is 15.9 Å². The molecule has 1 N–H and O–H groups in total. The highest BCUT2D eigenvalue weighted by molar-refractivity contribution is 7.88. The van der Waals surface area contributed by atoms with Crippen molar-refractivity contribution in [1.82, 2.24) is 9.62 Å². The van der Waals surface area contributed by atoms with Crippen LogP contribution in [0, 0.1) is 19.7 Å². The molecule has 0 saturated carbocycles. The monoisotopic (exact) mass is 392 g/mol. The van der Waals surface area contributed by atoms with Crippen molar-refractivity contribution in [2.24, 2.45) is 0 Å². The highest BCUT2D eigenvalue weighted by Crippen LogP contribution is 2.19. The van der Waals surface area contributed by atoms with Crippen LogP contribution in [0.5, 0.6) is 0 Å². The van der Waals surface area contributed by atoms with Crippen LogP contribution >= 0.6 is 0 Å². The quantitative estimate of drug-likeness (QED) is 0.787. The Balaban J connectivity index is 2.12. The number of halogens is 1. The van der Waals surface area contributed by atoms with Crippen LogP contribution in [0.3, 0.4) is 0 Å². The van der Waals surface area contributed by atoms with E-state index in [4.69, 9.17) is 0 Å². The number of hydrogen-bond acceptors (Lipinski definition) is 3. The lowest BCUT2D eigenvalue weighted by atomic mass is 10.00. The Bertz CT molecular complexity index is 929. The van der Waals surface area contributed by atoms with Crippen molar-refractivity contribution in [2.45, 2.75) is 33.4 Å². The fourth-order valence-electron chi connectivity index (χ4n) is 2.86. The van der Waals surface area contributed by atoms with Crippen molar-refractivity contribution in [2.75, 3.05) is 12.8 Å². The first-order valence-electron chi connectivity index (χ1n) is 8.63. The highest BCUT2D eigenvalue weighted by atomic mass is 32.2. The third kappa shape index (κ3) is 5.87. The Morgan fingerprint density at radius 1 is 1.19 bits per heavy atom. The molecule has 2 rings (SSSR count). The van der Waals surface area contributed by atoms with Gasteiger partial charge in [0.05, 0.1) is 18.8 Å². The van der Waals surface area contributed by atoms with Gasteiger partial charge in [0, 0.05) is 12.1 Å². The van der Waals surface area contributed by atoms with Gasteiger partial charge in [-0.3, -0.25) is 4.79 Å². The summed E-state index contributed by atoms with van der Waals surface area (Å²) < 4.78 is 39.0. The molecule has 0 radical (unpaired) electrons. The number of nitrogens with zero attached hydrogens (tertiary/aromatic N) is 1. The van der Waals surface area contributed by atoms with Crippen LogP contribution in [0.15, 0.2) is 42.5 Å². The number of nitrogens with one attached hydrogen (secondary N) is 1. The summed E-state index contributed by atoms with van der Waals surface area (Å²) >= 11 is 0. The summed E-state index contributed by atoms with van der Waals surface area (Å²) in [4.78, 5) is 12.4. The number of rotatable bonds is 7. The predicted molar refractivity (Wildman–Crippen MR) is 104 cm³/mol. The zero-order valence-electron chi connectivity index (χ0n) is 16.0. The first-order valence-corrected chi connectivity index (χ1v) is 10.5. The average Bonchev–Trinajstić information content (AvgIpc) is 2.57. The molecular weight excluding hydrogens is 367 g/mol. The van der Waals surface area contributed by atoms with Gasteiger partial charge in [0.25, 0.3) is 0 Å². The minimum absolute atomic E-state index is 0.198. The van der Waals surface area contributed by atoms with E-state index in [2.05, 4.69) is 5.32 Å². The zero-order valence-corrected chi connectivity index (χ0v) is 16.8. The Morgan fingerprint density at radius 2 is 1.85 bits per heavy atom. The first kappa shape index (κ1) is 21.1. The molecule has 0 aromatic heterocycles. The first-order chi connectivity index (χ1) is 12.6. The standard InChI is InChI=1S/C20H25FN2O3S/c1-14-9-10-15(2)18(11-14)16(3)22-20(24)13-23(27(4,25)26)12-17-7-5-6-8-19(17)21/h5-11,16H,12-13H2,1-4H3,(H,22,24). The molecule has 1 amide bonds. The minimum Gasteiger partial charge on any atom is -0.348 e. The lowest BCUT2D eigenvalue weighted by molar-refractivity contribution is -0.122. The summed E-state index contributed by atoms with van der Waals surface area (Å²) in [5.41, 5.74) is 3.32. The molecule has 0 saturated heterocycles. The summed E-state index contributed by atoms with van der Waals surface area (Å²) in [5.74, 6) is -0.944. The fourth-order valence-corrected chi connectivity index (χ4v) is 3.58. The lowest BCUT2D eigenvalue weighted by Gasteiger charge is -2.22. The number of carbonyl (C=O) groups excluding carboxylic acids is 1. The number of aryl methyl sites for hydroxylation is 2. The Hall–Kier alpha value is -2.25. The van der Waals surface area contributed by atoms with Crippen LogP contribution in [0.2, 0.25) is 0 Å². The molecule has 0 aliphatic heterocycles. The maximum Gasteiger partial charge on any atom is 0.235 e. The Labute approximate surface area is 160 Å². The van der Waals surface area contributed by atoms with E-state index in [-0.39, 0.29) is 24.7 Å². The molecular formula is C20H25FN2O3S. The van der Waals surface area contributed by atoms with Gasteiger partial charge in [0.2, 0.25) is 15.9 Å². The molecule has 5 nitrogen and oxygen atoms in total. The molecule has 0 fully saturated rings. The SMILES string of the molecule is Cc1ccc(C)c(C(C)NC(=O)CN(Cc2ccccc2F)S(C)(=O)=O)c1. The average molecular weight is 392 g/mol. The maximum atomic E-state index is 13.9. The van der Waals surface area contributed by atoms with Gasteiger partial charge >= 0.3 is 0 Å². The molecule has 0 bridgehead atoms. The van der Waals surface area contributed by atoms with Crippen LogP contribution in [-0.4, -0.2) is 31.4 Å². The van der Waals surface area contributed by atoms with E-state index in [9.17, 15) is 17.6 Å². The van der Waals surface area contributed by atoms with Gasteiger partial charge in [0.1, 0.15) is 5.82 Å². The van der Waals surface area contributed by atoms with Crippen molar-refractivity contribution < 1.29 is 17.6 Å². The van der Waals surface area contributed by atoms with Crippen molar-refractivity contribution in [1.29, 1.82) is 0 Å². The molecule has 0 aliphatic carbocycles. The van der Waals surface area contributed by atoms with Crippen LogP contribution in [0.1, 0.15) is 35.2 Å². The molecule has 2 aromatic carbocycles. The zero-order chi connectivity index (χ0) is 20.2. The molecule has 1 atom stereocenters. The molecule has 27 heavy (non-hydrogen) atoms. The van der Waals surface area contributed by atoms with Gasteiger partial charge in [-0.1, -0.05) is 42.0 Å². The predicted octanol–water partition coefficient (Wildman–Crippen LogP) is 3.08. The fraction of sp³-hybridized carbons (Fsp3) is 0.350. The molecule has 2 aromatic rings. The molecule has 7 heteroatoms. The van der Waals surface area contributed by atoms with E-state index >= 15 is 0 Å². The summed E-state index contributed by atoms with van der Waals surface area (Å²) in [6.45, 7) is 5.20. The van der Waals surface area contributed by atoms with Crippen LogP contribution < -0.4 is 5.32 Å². The van der Waals surface area contributed by atoms with Crippen molar-refractivity contribution in [3.8, 4) is 0 Å². The lowest BCUT2D eigenvalue weighted by Crippen LogP contribution is -2.40. The summed E-state index contributed by atoms with van der Waals surface area (Å²) in [6, 6.07) is 11.6. The van der Waals surface area contributed by atoms with Gasteiger partial charge in [-0.15, -0.1) is 0 Å². The molecule has 0 spiro atoms. The second-order valence-corrected chi connectivity index (χ2v) is 8.75. The van der Waals surface area contributed by atoms with E-state index in [1.807, 2.05) is 39.0 Å². The highest BCUT2D eigenvalue weighted by Gasteiger charge is 2.23. The largest absolute Gasteiger partial charge is 0.348 e. The Morgan fingerprint density at radius 3 is 2.48 bits per heavy atom. The Kier molecular flexibility index (Phi) is 6.73. The van der Waals surface area contributed by atoms with Crippen molar-refractivity contribution in [3.05, 3.63) is 70.5 Å². The molecule has 0 aliphatic rings. The summed E-state index contributed by atoms with van der Waals surface area (Å²) in [6.07, 6.45) is 1.01. The van der Waals surface area contributed by atoms with Gasteiger partial charge < -0.3 is 5.32 Å². The third-order valence-corrected chi connectivity index (χ3v) is 5.57. The number of hydrogen-bond donors (Lipinski definition) is 1. The smallest absolute Gasteiger partial charge is 0.235 e. The van der Waals surface area contributed by atoms with Crippen LogP contribution in [-0.2, 0) is 21.4 Å². The number of sulfonamides is 1. The normalized spacial score (nSPS) is 12.8. The van der Waals surface area contributed by atoms with Crippen LogP contribution in [0.25, 0.3) is 0 Å². The number of amides is 1. The summed E-state index contributed by atoms with van der Waals surface area (Å²) in [5, 5.41) is 2.83. The van der Waals surface area contributed by atoms with E-state index in [1.54, 1.807) is 6.07 Å². The summed E-state index contributed by atoms with van der Waals surface area (Å²) in [7, 11) is -3.68. The van der Waals surface area contributed by atoms with Gasteiger partial charge in [-0.2, -0.15) is 4.31 Å². The van der Waals surface area contributed by atoms with Gasteiger partial charge in [-0.05, 0) is 38.0 Å². The van der Waals surface area contributed by atoms with E-state index in [1.165, 1.54) is 18.2 Å². The van der Waals surface area contributed by atoms with E-state index in [0.29, 0.717) is 0 Å². The second-order valence-electron chi connectivity index (χ2n) is 6.77. The van der Waals surface area contributed by atoms with Gasteiger partial charge in [0.15, 0.2) is 0 Å². The maximum absolute atomic E-state index is 13.9.